The molecule has 6 heteroatoms. The summed E-state index contributed by atoms with van der Waals surface area (Å²) in [7, 11) is 0. The fraction of sp³-hybridized carbons (Fsp3) is 0.942. The van der Waals surface area contributed by atoms with E-state index in [1.807, 2.05) is 0 Å². The molecular formula is C52H100O6. The van der Waals surface area contributed by atoms with E-state index in [-0.39, 0.29) is 31.1 Å². The van der Waals surface area contributed by atoms with Crippen LogP contribution in [0.2, 0.25) is 0 Å². The number of carbonyl (C=O) groups excluding carboxylic acids is 3. The first kappa shape index (κ1) is 56.4. The van der Waals surface area contributed by atoms with Gasteiger partial charge in [-0.05, 0) is 31.1 Å². The first-order valence-electron chi connectivity index (χ1n) is 25.8. The van der Waals surface area contributed by atoms with Gasteiger partial charge in [-0.3, -0.25) is 14.4 Å². The molecule has 0 heterocycles. The van der Waals surface area contributed by atoms with Crippen LogP contribution in [0.3, 0.4) is 0 Å². The molecule has 0 aromatic heterocycles. The molecule has 0 radical (unpaired) electrons. The summed E-state index contributed by atoms with van der Waals surface area (Å²) in [5.41, 5.74) is 0. The van der Waals surface area contributed by atoms with Gasteiger partial charge >= 0.3 is 17.9 Å². The van der Waals surface area contributed by atoms with E-state index in [4.69, 9.17) is 14.2 Å². The van der Waals surface area contributed by atoms with Gasteiger partial charge in [0.25, 0.3) is 0 Å². The SMILES string of the molecule is CCCCCCCCCCCCCCCCCCC(=O)OC[C@@H](COC(=O)CCCCCCCCCC(C)C)OC(=O)CCCCCCCCCCCCC(C)CC. The topological polar surface area (TPSA) is 78.9 Å². The van der Waals surface area contributed by atoms with Crippen molar-refractivity contribution in [2.45, 2.75) is 291 Å². The molecule has 1 unspecified atom stereocenters. The predicted molar refractivity (Wildman–Crippen MR) is 247 cm³/mol. The monoisotopic (exact) mass is 821 g/mol. The van der Waals surface area contributed by atoms with Gasteiger partial charge in [-0.1, -0.05) is 247 Å². The quantitative estimate of drug-likeness (QED) is 0.0346. The molecule has 0 aliphatic heterocycles. The second kappa shape index (κ2) is 44.9. The highest BCUT2D eigenvalue weighted by Crippen LogP contribution is 2.18. The molecule has 0 rings (SSSR count). The lowest BCUT2D eigenvalue weighted by atomic mass is 9.99. The van der Waals surface area contributed by atoms with E-state index < -0.39 is 6.10 Å². The smallest absolute Gasteiger partial charge is 0.306 e. The highest BCUT2D eigenvalue weighted by atomic mass is 16.6. The Morgan fingerprint density at radius 1 is 0.362 bits per heavy atom. The molecule has 344 valence electrons. The molecule has 2 atom stereocenters. The Bertz CT molecular complexity index is 887. The Balaban J connectivity index is 4.29. The molecular weight excluding hydrogens is 721 g/mol. The van der Waals surface area contributed by atoms with Crippen LogP contribution in [0.5, 0.6) is 0 Å². The van der Waals surface area contributed by atoms with Gasteiger partial charge in [0, 0.05) is 19.3 Å². The largest absolute Gasteiger partial charge is 0.462 e. The van der Waals surface area contributed by atoms with Gasteiger partial charge in [0.15, 0.2) is 6.10 Å². The average Bonchev–Trinajstić information content (AvgIpc) is 3.21. The van der Waals surface area contributed by atoms with Crippen molar-refractivity contribution in [2.75, 3.05) is 13.2 Å². The highest BCUT2D eigenvalue weighted by Gasteiger charge is 2.19. The van der Waals surface area contributed by atoms with Gasteiger partial charge in [0.05, 0.1) is 0 Å². The van der Waals surface area contributed by atoms with E-state index in [9.17, 15) is 14.4 Å². The van der Waals surface area contributed by atoms with Crippen molar-refractivity contribution in [3.63, 3.8) is 0 Å². The van der Waals surface area contributed by atoms with E-state index >= 15 is 0 Å². The van der Waals surface area contributed by atoms with Gasteiger partial charge in [-0.25, -0.2) is 0 Å². The van der Waals surface area contributed by atoms with Crippen LogP contribution in [0, 0.1) is 11.8 Å². The van der Waals surface area contributed by atoms with Crippen LogP contribution in [0.1, 0.15) is 285 Å². The Labute approximate surface area is 361 Å². The molecule has 0 aliphatic carbocycles. The van der Waals surface area contributed by atoms with Crippen molar-refractivity contribution in [1.82, 2.24) is 0 Å². The third-order valence-corrected chi connectivity index (χ3v) is 12.1. The molecule has 0 aromatic carbocycles. The standard InChI is InChI=1S/C52H100O6/c1-6-8-9-10-11-12-13-14-15-16-17-18-22-27-32-37-42-50(53)56-45-49(46-57-51(54)43-38-33-29-24-25-30-35-40-47(3)4)58-52(55)44-39-34-28-23-20-19-21-26-31-36-41-48(5)7-2/h47-49H,6-46H2,1-5H3/t48?,49-/m0/s1. The van der Waals surface area contributed by atoms with Crippen molar-refractivity contribution in [1.29, 1.82) is 0 Å². The summed E-state index contributed by atoms with van der Waals surface area (Å²) in [6, 6.07) is 0. The molecule has 0 N–H and O–H groups in total. The maximum atomic E-state index is 12.8. The van der Waals surface area contributed by atoms with E-state index in [1.54, 1.807) is 0 Å². The minimum atomic E-state index is -0.762. The minimum Gasteiger partial charge on any atom is -0.462 e. The van der Waals surface area contributed by atoms with Crippen LogP contribution in [-0.4, -0.2) is 37.2 Å². The molecule has 0 fully saturated rings. The molecule has 0 bridgehead atoms. The zero-order chi connectivity index (χ0) is 42.6. The van der Waals surface area contributed by atoms with E-state index in [0.29, 0.717) is 19.3 Å². The van der Waals surface area contributed by atoms with Crippen LogP contribution < -0.4 is 0 Å². The van der Waals surface area contributed by atoms with Crippen molar-refractivity contribution >= 4 is 17.9 Å². The average molecular weight is 821 g/mol. The first-order chi connectivity index (χ1) is 28.3. The zero-order valence-electron chi connectivity index (χ0n) is 39.7. The van der Waals surface area contributed by atoms with E-state index in [1.165, 1.54) is 173 Å². The Morgan fingerprint density at radius 2 is 0.655 bits per heavy atom. The summed E-state index contributed by atoms with van der Waals surface area (Å²) >= 11 is 0. The highest BCUT2D eigenvalue weighted by molar-refractivity contribution is 5.71. The van der Waals surface area contributed by atoms with Gasteiger partial charge in [0.1, 0.15) is 13.2 Å². The normalized spacial score (nSPS) is 12.5. The Morgan fingerprint density at radius 3 is 0.983 bits per heavy atom. The van der Waals surface area contributed by atoms with E-state index in [0.717, 1.165) is 69.6 Å². The molecule has 0 saturated heterocycles. The molecule has 0 aromatic rings. The van der Waals surface area contributed by atoms with Gasteiger partial charge in [0.2, 0.25) is 0 Å². The summed E-state index contributed by atoms with van der Waals surface area (Å²) in [5.74, 6) is 0.797. The van der Waals surface area contributed by atoms with Crippen LogP contribution in [0.4, 0.5) is 0 Å². The second-order valence-corrected chi connectivity index (χ2v) is 18.5. The Kier molecular flexibility index (Phi) is 43.7. The maximum absolute atomic E-state index is 12.8. The lowest BCUT2D eigenvalue weighted by molar-refractivity contribution is -0.167. The van der Waals surface area contributed by atoms with Gasteiger partial charge in [-0.15, -0.1) is 0 Å². The Hall–Kier alpha value is -1.59. The second-order valence-electron chi connectivity index (χ2n) is 18.5. The minimum absolute atomic E-state index is 0.0643. The van der Waals surface area contributed by atoms with Crippen LogP contribution in [0.15, 0.2) is 0 Å². The molecule has 0 saturated carbocycles. The predicted octanol–water partition coefficient (Wildman–Crippen LogP) is 16.5. The zero-order valence-corrected chi connectivity index (χ0v) is 39.7. The number of unbranched alkanes of at least 4 members (excludes halogenated alkanes) is 30. The molecule has 0 amide bonds. The number of esters is 3. The molecule has 0 aliphatic rings. The number of hydrogen-bond donors (Lipinski definition) is 0. The lowest BCUT2D eigenvalue weighted by Crippen LogP contribution is -2.30. The first-order valence-corrected chi connectivity index (χ1v) is 25.8. The third kappa shape index (κ3) is 44.0. The maximum Gasteiger partial charge on any atom is 0.306 e. The summed E-state index contributed by atoms with van der Waals surface area (Å²) < 4.78 is 16.8. The molecule has 0 spiro atoms. The van der Waals surface area contributed by atoms with Gasteiger partial charge in [-0.2, -0.15) is 0 Å². The lowest BCUT2D eigenvalue weighted by Gasteiger charge is -2.18. The van der Waals surface area contributed by atoms with Crippen molar-refractivity contribution in [3.8, 4) is 0 Å². The summed E-state index contributed by atoms with van der Waals surface area (Å²) in [4.78, 5) is 37.9. The third-order valence-electron chi connectivity index (χ3n) is 12.1. The number of carbonyl (C=O) groups is 3. The van der Waals surface area contributed by atoms with Crippen molar-refractivity contribution in [3.05, 3.63) is 0 Å². The fourth-order valence-electron chi connectivity index (χ4n) is 7.78. The molecule has 58 heavy (non-hydrogen) atoms. The van der Waals surface area contributed by atoms with Crippen LogP contribution in [-0.2, 0) is 28.6 Å². The number of ether oxygens (including phenoxy) is 3. The number of hydrogen-bond acceptors (Lipinski definition) is 6. The molecule has 6 nitrogen and oxygen atoms in total. The fourth-order valence-corrected chi connectivity index (χ4v) is 7.78. The summed E-state index contributed by atoms with van der Waals surface area (Å²) in [6.07, 6.45) is 45.2. The van der Waals surface area contributed by atoms with E-state index in [2.05, 4.69) is 34.6 Å². The summed E-state index contributed by atoms with van der Waals surface area (Å²) in [6.45, 7) is 11.3. The van der Waals surface area contributed by atoms with Crippen molar-refractivity contribution in [2.24, 2.45) is 11.8 Å². The van der Waals surface area contributed by atoms with Crippen molar-refractivity contribution < 1.29 is 28.6 Å². The van der Waals surface area contributed by atoms with Crippen LogP contribution in [0.25, 0.3) is 0 Å². The number of rotatable bonds is 46. The summed E-state index contributed by atoms with van der Waals surface area (Å²) in [5, 5.41) is 0. The van der Waals surface area contributed by atoms with Crippen LogP contribution >= 0.6 is 0 Å². The van der Waals surface area contributed by atoms with Gasteiger partial charge < -0.3 is 14.2 Å².